The highest BCUT2D eigenvalue weighted by Gasteiger charge is 2.20. The van der Waals surface area contributed by atoms with Crippen molar-refractivity contribution in [3.63, 3.8) is 0 Å². The van der Waals surface area contributed by atoms with E-state index in [0.29, 0.717) is 37.6 Å². The molecule has 0 fully saturated rings. The predicted octanol–water partition coefficient (Wildman–Crippen LogP) is 8.05. The summed E-state index contributed by atoms with van der Waals surface area (Å²) in [5.74, 6) is 0.985. The first kappa shape index (κ1) is 45.7. The molecule has 0 saturated carbocycles. The van der Waals surface area contributed by atoms with Crippen LogP contribution in [-0.4, -0.2) is 82.0 Å². The van der Waals surface area contributed by atoms with Crippen LogP contribution in [0.3, 0.4) is 0 Å². The molecule has 2 aromatic heterocycles. The van der Waals surface area contributed by atoms with Gasteiger partial charge in [-0.15, -0.1) is 26.3 Å². The van der Waals surface area contributed by atoms with Gasteiger partial charge in [-0.05, 0) is 59.7 Å². The first-order valence-corrected chi connectivity index (χ1v) is 22.2. The standard InChI is InChI=1S/C44H44N12O6S2/c1-5-25-55(26-6-2)43-51-39(45-33-15-11-9-12-16-33)49-41(53-43)47-35-23-21-31(37(29-35)63(57,58)59)19-20-32-22-24-36(30-38(32)64(60,61)62)48-42-50-40(46-34-17-13-10-14-18-34)52-44(54-42)56(27-7-3)28-8-4/h5-24,29-30H,1-4,25-28H2,(H,57,58,59)(H,60,61,62)(H2,45,47,49,51,53)(H2,46,48,50,52,54)/b20-19+. The third kappa shape index (κ3) is 12.4. The van der Waals surface area contributed by atoms with Gasteiger partial charge in [0.05, 0.1) is 0 Å². The lowest BCUT2D eigenvalue weighted by Crippen LogP contribution is -2.26. The van der Waals surface area contributed by atoms with Crippen LogP contribution in [0.5, 0.6) is 0 Å². The van der Waals surface area contributed by atoms with Gasteiger partial charge in [-0.2, -0.15) is 46.7 Å². The number of rotatable bonds is 22. The molecule has 6 aromatic rings. The first-order chi connectivity index (χ1) is 30.8. The zero-order valence-corrected chi connectivity index (χ0v) is 35.9. The molecule has 0 aliphatic heterocycles. The van der Waals surface area contributed by atoms with E-state index in [0.717, 1.165) is 0 Å². The molecule has 0 radical (unpaired) electrons. The Balaban J connectivity index is 1.31. The molecule has 20 heteroatoms. The molecule has 0 unspecified atom stereocenters. The fourth-order valence-electron chi connectivity index (χ4n) is 6.02. The van der Waals surface area contributed by atoms with Crippen LogP contribution in [0, 0.1) is 0 Å². The van der Waals surface area contributed by atoms with Crippen LogP contribution in [-0.2, 0) is 20.2 Å². The van der Waals surface area contributed by atoms with Crippen molar-refractivity contribution in [3.8, 4) is 0 Å². The molecule has 18 nitrogen and oxygen atoms in total. The fourth-order valence-corrected chi connectivity index (χ4v) is 7.44. The van der Waals surface area contributed by atoms with Crippen LogP contribution in [0.2, 0.25) is 0 Å². The summed E-state index contributed by atoms with van der Waals surface area (Å²) in [5, 5.41) is 12.2. The highest BCUT2D eigenvalue weighted by molar-refractivity contribution is 7.86. The molecule has 0 aliphatic carbocycles. The maximum absolute atomic E-state index is 12.8. The molecular weight excluding hydrogens is 857 g/mol. The Morgan fingerprint density at radius 2 is 0.766 bits per heavy atom. The zero-order valence-electron chi connectivity index (χ0n) is 34.3. The van der Waals surface area contributed by atoms with Gasteiger partial charge in [-0.3, -0.25) is 9.11 Å². The van der Waals surface area contributed by atoms with E-state index >= 15 is 0 Å². The van der Waals surface area contributed by atoms with Crippen molar-refractivity contribution in [1.82, 2.24) is 29.9 Å². The van der Waals surface area contributed by atoms with Gasteiger partial charge in [-0.25, -0.2) is 0 Å². The summed E-state index contributed by atoms with van der Waals surface area (Å²) in [5.41, 5.74) is 1.75. The summed E-state index contributed by atoms with van der Waals surface area (Å²) in [7, 11) is -9.72. The van der Waals surface area contributed by atoms with Crippen LogP contribution in [0.15, 0.2) is 157 Å². The SMILES string of the molecule is C=CCN(CC=C)c1nc(Nc2ccccc2)nc(Nc2ccc(/C=C/c3ccc(Nc4nc(Nc5ccccc5)nc(N(CC=C)CC=C)n4)cc3S(=O)(=O)O)c(S(=O)(=O)O)c2)n1. The monoisotopic (exact) mass is 900 g/mol. The van der Waals surface area contributed by atoms with Crippen molar-refractivity contribution in [2.45, 2.75) is 9.79 Å². The average molecular weight is 901 g/mol. The molecular formula is C44H44N12O6S2. The number of aromatic nitrogens is 6. The van der Waals surface area contributed by atoms with Crippen LogP contribution >= 0.6 is 0 Å². The molecule has 0 spiro atoms. The third-order valence-electron chi connectivity index (χ3n) is 8.81. The lowest BCUT2D eigenvalue weighted by Gasteiger charge is -2.20. The van der Waals surface area contributed by atoms with Gasteiger partial charge in [0.25, 0.3) is 20.2 Å². The van der Waals surface area contributed by atoms with E-state index < -0.39 is 30.0 Å². The Labute approximate surface area is 371 Å². The number of para-hydroxylation sites is 2. The Morgan fingerprint density at radius 3 is 1.06 bits per heavy atom. The lowest BCUT2D eigenvalue weighted by molar-refractivity contribution is 0.480. The largest absolute Gasteiger partial charge is 0.333 e. The van der Waals surface area contributed by atoms with Crippen LogP contribution in [0.4, 0.5) is 58.4 Å². The molecule has 0 atom stereocenters. The van der Waals surface area contributed by atoms with Gasteiger partial charge in [-0.1, -0.05) is 85.0 Å². The highest BCUT2D eigenvalue weighted by Crippen LogP contribution is 2.29. The van der Waals surface area contributed by atoms with Crippen LogP contribution in [0.1, 0.15) is 11.1 Å². The van der Waals surface area contributed by atoms with Crippen molar-refractivity contribution >= 4 is 90.8 Å². The van der Waals surface area contributed by atoms with Crippen molar-refractivity contribution in [1.29, 1.82) is 0 Å². The van der Waals surface area contributed by atoms with Crippen molar-refractivity contribution < 1.29 is 25.9 Å². The summed E-state index contributed by atoms with van der Waals surface area (Å²) < 4.78 is 71.7. The van der Waals surface area contributed by atoms with Gasteiger partial charge >= 0.3 is 0 Å². The zero-order chi connectivity index (χ0) is 45.7. The minimum absolute atomic E-state index is 0.0118. The fraction of sp³-hybridized carbons (Fsp3) is 0.0909. The van der Waals surface area contributed by atoms with Crippen molar-refractivity contribution in [3.05, 3.63) is 159 Å². The van der Waals surface area contributed by atoms with E-state index in [2.05, 4.69) is 77.5 Å². The Kier molecular flexibility index (Phi) is 14.9. The molecule has 64 heavy (non-hydrogen) atoms. The smallest absolute Gasteiger partial charge is 0.295 e. The summed E-state index contributed by atoms with van der Waals surface area (Å²) >= 11 is 0. The Morgan fingerprint density at radius 1 is 0.453 bits per heavy atom. The van der Waals surface area contributed by atoms with Gasteiger partial charge in [0.2, 0.25) is 35.7 Å². The summed E-state index contributed by atoms with van der Waals surface area (Å²) in [6.07, 6.45) is 9.27. The number of nitrogens with zero attached hydrogens (tertiary/aromatic N) is 8. The minimum Gasteiger partial charge on any atom is -0.333 e. The molecule has 6 rings (SSSR count). The van der Waals surface area contributed by atoms with Crippen molar-refractivity contribution in [2.24, 2.45) is 0 Å². The number of nitrogens with one attached hydrogen (secondary N) is 4. The molecule has 0 amide bonds. The maximum atomic E-state index is 12.8. The van der Waals surface area contributed by atoms with Crippen LogP contribution in [0.25, 0.3) is 12.2 Å². The lowest BCUT2D eigenvalue weighted by atomic mass is 10.1. The summed E-state index contributed by atoms with van der Waals surface area (Å²) in [4.78, 5) is 29.6. The van der Waals surface area contributed by atoms with Gasteiger partial charge < -0.3 is 31.1 Å². The number of hydrogen-bond acceptors (Lipinski definition) is 16. The quantitative estimate of drug-likeness (QED) is 0.0214. The van der Waals surface area contributed by atoms with Crippen molar-refractivity contribution in [2.75, 3.05) is 57.2 Å². The average Bonchev–Trinajstić information content (AvgIpc) is 3.26. The second-order valence-electron chi connectivity index (χ2n) is 13.6. The number of hydrogen-bond donors (Lipinski definition) is 6. The van der Waals surface area contributed by atoms with E-state index in [1.54, 1.807) is 34.1 Å². The maximum Gasteiger partial charge on any atom is 0.295 e. The molecule has 328 valence electrons. The molecule has 0 saturated heterocycles. The highest BCUT2D eigenvalue weighted by atomic mass is 32.2. The second kappa shape index (κ2) is 20.9. The summed E-state index contributed by atoms with van der Waals surface area (Å²) in [6.45, 7) is 16.7. The molecule has 0 aliphatic rings. The second-order valence-corrected chi connectivity index (χ2v) is 16.3. The van der Waals surface area contributed by atoms with Gasteiger partial charge in [0.15, 0.2) is 0 Å². The van der Waals surface area contributed by atoms with Crippen LogP contribution < -0.4 is 31.1 Å². The number of anilines is 10. The Bertz CT molecular complexity index is 2690. The van der Waals surface area contributed by atoms with E-state index in [4.69, 9.17) is 0 Å². The van der Waals surface area contributed by atoms with E-state index in [1.165, 1.54) is 48.6 Å². The predicted molar refractivity (Wildman–Crippen MR) is 252 cm³/mol. The molecule has 4 aromatic carbocycles. The van der Waals surface area contributed by atoms with Gasteiger partial charge in [0, 0.05) is 48.9 Å². The van der Waals surface area contributed by atoms with E-state index in [-0.39, 0.29) is 58.2 Å². The van der Waals surface area contributed by atoms with E-state index in [1.807, 2.05) is 60.7 Å². The number of benzene rings is 4. The molecule has 0 bridgehead atoms. The van der Waals surface area contributed by atoms with E-state index in [9.17, 15) is 25.9 Å². The summed E-state index contributed by atoms with van der Waals surface area (Å²) in [6, 6.07) is 26.5. The Hall–Kier alpha value is -7.78. The first-order valence-electron chi connectivity index (χ1n) is 19.3. The molecule has 2 heterocycles. The topological polar surface area (TPSA) is 241 Å². The van der Waals surface area contributed by atoms with Gasteiger partial charge in [0.1, 0.15) is 9.79 Å². The third-order valence-corrected chi connectivity index (χ3v) is 10.6. The molecule has 6 N–H and O–H groups in total. The minimum atomic E-state index is -4.86. The normalized spacial score (nSPS) is 11.3.